The smallest absolute Gasteiger partial charge is 0.338 e. The van der Waals surface area contributed by atoms with Crippen LogP contribution in [0.5, 0.6) is 0 Å². The Kier molecular flexibility index (Phi) is 3.91. The van der Waals surface area contributed by atoms with Crippen LogP contribution in [0.15, 0.2) is 26.5 Å². The molecule has 0 spiro atoms. The van der Waals surface area contributed by atoms with Crippen molar-refractivity contribution in [3.8, 4) is 11.4 Å². The van der Waals surface area contributed by atoms with Crippen LogP contribution in [0, 0.1) is 0 Å². The van der Waals surface area contributed by atoms with E-state index in [4.69, 9.17) is 4.52 Å². The number of halogens is 3. The van der Waals surface area contributed by atoms with E-state index in [0.29, 0.717) is 11.7 Å². The van der Waals surface area contributed by atoms with E-state index in [-0.39, 0.29) is 10.9 Å². The lowest BCUT2D eigenvalue weighted by molar-refractivity contribution is -0.147. The molecule has 3 aromatic rings. The van der Waals surface area contributed by atoms with E-state index in [1.165, 1.54) is 18.4 Å². The van der Waals surface area contributed by atoms with Crippen LogP contribution in [0.2, 0.25) is 0 Å². The summed E-state index contributed by atoms with van der Waals surface area (Å²) in [5, 5.41) is 14.4. The minimum Gasteiger partial charge on any atom is -0.338 e. The number of hydrogen-bond acceptors (Lipinski definition) is 7. The van der Waals surface area contributed by atoms with E-state index in [0.717, 1.165) is 21.9 Å². The van der Waals surface area contributed by atoms with Gasteiger partial charge < -0.3 is 9.09 Å². The quantitative estimate of drug-likeness (QED) is 0.675. The summed E-state index contributed by atoms with van der Waals surface area (Å²) in [7, 11) is 1.26. The highest BCUT2D eigenvalue weighted by molar-refractivity contribution is 7.98. The number of alkyl halides is 3. The molecule has 0 saturated carbocycles. The summed E-state index contributed by atoms with van der Waals surface area (Å²) < 4.78 is 43.8. The molecule has 3 rings (SSSR count). The number of thiophene rings is 1. The minimum absolute atomic E-state index is 0.127. The topological polar surface area (TPSA) is 69.6 Å². The van der Waals surface area contributed by atoms with Crippen LogP contribution in [-0.4, -0.2) is 24.9 Å². The molecule has 22 heavy (non-hydrogen) atoms. The maximum Gasteiger partial charge on any atom is 0.451 e. The Labute approximate surface area is 130 Å². The average molecular weight is 347 g/mol. The van der Waals surface area contributed by atoms with Gasteiger partial charge in [-0.25, -0.2) is 0 Å². The molecule has 6 nitrogen and oxygen atoms in total. The third kappa shape index (κ3) is 2.99. The Morgan fingerprint density at radius 1 is 1.36 bits per heavy atom. The fourth-order valence-corrected chi connectivity index (χ4v) is 3.02. The molecule has 0 amide bonds. The second-order valence-electron chi connectivity index (χ2n) is 4.18. The third-order valence-corrected chi connectivity index (χ3v) is 4.35. The van der Waals surface area contributed by atoms with Gasteiger partial charge in [0.25, 0.3) is 0 Å². The average Bonchev–Trinajstić information content (AvgIpc) is 3.16. The predicted molar refractivity (Wildman–Crippen MR) is 73.2 cm³/mol. The van der Waals surface area contributed by atoms with Gasteiger partial charge in [0.05, 0.1) is 5.75 Å². The van der Waals surface area contributed by atoms with Gasteiger partial charge in [0.1, 0.15) is 0 Å². The van der Waals surface area contributed by atoms with Gasteiger partial charge in [-0.05, 0) is 11.4 Å². The minimum atomic E-state index is -4.53. The van der Waals surface area contributed by atoms with Crippen molar-refractivity contribution in [2.45, 2.75) is 17.1 Å². The van der Waals surface area contributed by atoms with Crippen LogP contribution in [0.3, 0.4) is 0 Å². The molecule has 0 radical (unpaired) electrons. The van der Waals surface area contributed by atoms with Crippen LogP contribution in [0.1, 0.15) is 11.7 Å². The van der Waals surface area contributed by atoms with E-state index in [1.807, 2.05) is 16.8 Å². The molecule has 3 heterocycles. The summed E-state index contributed by atoms with van der Waals surface area (Å²) in [5.74, 6) is -0.0749. The van der Waals surface area contributed by atoms with Crippen LogP contribution in [-0.2, 0) is 19.0 Å². The summed E-state index contributed by atoms with van der Waals surface area (Å²) in [4.78, 5) is 4.18. The van der Waals surface area contributed by atoms with Crippen LogP contribution in [0.25, 0.3) is 11.4 Å². The van der Waals surface area contributed by atoms with Gasteiger partial charge in [0, 0.05) is 18.0 Å². The van der Waals surface area contributed by atoms with Crippen molar-refractivity contribution in [2.24, 2.45) is 7.05 Å². The summed E-state index contributed by atoms with van der Waals surface area (Å²) in [6.07, 6.45) is -4.53. The summed E-state index contributed by atoms with van der Waals surface area (Å²) in [5.41, 5.74) is 0.836. The molecule has 0 aromatic carbocycles. The lowest BCUT2D eigenvalue weighted by atomic mass is 10.3. The zero-order valence-electron chi connectivity index (χ0n) is 11.0. The molecule has 0 aliphatic rings. The molecule has 0 saturated heterocycles. The Hall–Kier alpha value is -1.88. The highest BCUT2D eigenvalue weighted by Crippen LogP contribution is 2.30. The van der Waals surface area contributed by atoms with Crippen molar-refractivity contribution in [3.63, 3.8) is 0 Å². The zero-order valence-corrected chi connectivity index (χ0v) is 12.7. The van der Waals surface area contributed by atoms with Crippen LogP contribution < -0.4 is 0 Å². The first-order valence-electron chi connectivity index (χ1n) is 5.89. The molecular weight excluding hydrogens is 339 g/mol. The Balaban J connectivity index is 1.70. The summed E-state index contributed by atoms with van der Waals surface area (Å²) >= 11 is 2.55. The summed E-state index contributed by atoms with van der Waals surface area (Å²) in [6.45, 7) is 0. The van der Waals surface area contributed by atoms with Gasteiger partial charge in [-0.3, -0.25) is 0 Å². The Morgan fingerprint density at radius 2 is 2.18 bits per heavy atom. The summed E-state index contributed by atoms with van der Waals surface area (Å²) in [6, 6.07) is 1.85. The SMILES string of the molecule is Cn1c(SCc2nc(-c3ccsc3)no2)nnc1C(F)(F)F. The van der Waals surface area contributed by atoms with E-state index in [9.17, 15) is 13.2 Å². The van der Waals surface area contributed by atoms with Gasteiger partial charge in [-0.1, -0.05) is 16.9 Å². The van der Waals surface area contributed by atoms with E-state index < -0.39 is 12.0 Å². The highest BCUT2D eigenvalue weighted by atomic mass is 32.2. The van der Waals surface area contributed by atoms with Crippen molar-refractivity contribution in [1.82, 2.24) is 24.9 Å². The lowest BCUT2D eigenvalue weighted by Gasteiger charge is -2.05. The molecule has 3 aromatic heterocycles. The van der Waals surface area contributed by atoms with E-state index in [1.54, 1.807) is 0 Å². The first-order valence-corrected chi connectivity index (χ1v) is 7.82. The highest BCUT2D eigenvalue weighted by Gasteiger charge is 2.37. The lowest BCUT2D eigenvalue weighted by Crippen LogP contribution is -2.12. The third-order valence-electron chi connectivity index (χ3n) is 2.66. The van der Waals surface area contributed by atoms with Crippen molar-refractivity contribution >= 4 is 23.1 Å². The van der Waals surface area contributed by atoms with Gasteiger partial charge in [0.15, 0.2) is 5.16 Å². The molecule has 0 bridgehead atoms. The van der Waals surface area contributed by atoms with Crippen molar-refractivity contribution < 1.29 is 17.7 Å². The predicted octanol–water partition coefficient (Wildman–Crippen LogP) is 3.24. The standard InChI is InChI=1S/C11H8F3N5OS2/c1-19-9(11(12,13)14)16-17-10(19)22-5-7-15-8(18-20-7)6-2-3-21-4-6/h2-4H,5H2,1H3. The van der Waals surface area contributed by atoms with E-state index >= 15 is 0 Å². The molecule has 0 N–H and O–H groups in total. The van der Waals surface area contributed by atoms with Gasteiger partial charge in [-0.2, -0.15) is 29.5 Å². The van der Waals surface area contributed by atoms with Gasteiger partial charge in [-0.15, -0.1) is 10.2 Å². The maximum absolute atomic E-state index is 12.6. The number of rotatable bonds is 4. The second kappa shape index (κ2) is 5.72. The molecule has 116 valence electrons. The monoisotopic (exact) mass is 347 g/mol. The molecule has 0 aliphatic heterocycles. The van der Waals surface area contributed by atoms with Crippen molar-refractivity contribution in [1.29, 1.82) is 0 Å². The van der Waals surface area contributed by atoms with Crippen molar-refractivity contribution in [3.05, 3.63) is 28.5 Å². The molecule has 0 unspecified atom stereocenters. The molecule has 0 fully saturated rings. The molecule has 11 heteroatoms. The molecule has 0 atom stereocenters. The first-order chi connectivity index (χ1) is 10.4. The fourth-order valence-electron chi connectivity index (χ4n) is 1.64. The maximum atomic E-state index is 12.6. The molecule has 0 aliphatic carbocycles. The second-order valence-corrected chi connectivity index (χ2v) is 5.90. The van der Waals surface area contributed by atoms with Crippen molar-refractivity contribution in [2.75, 3.05) is 0 Å². The fraction of sp³-hybridized carbons (Fsp3) is 0.273. The Morgan fingerprint density at radius 3 is 2.82 bits per heavy atom. The number of aromatic nitrogens is 5. The number of thioether (sulfide) groups is 1. The number of hydrogen-bond donors (Lipinski definition) is 0. The van der Waals surface area contributed by atoms with E-state index in [2.05, 4.69) is 20.3 Å². The van der Waals surface area contributed by atoms with Crippen LogP contribution >= 0.6 is 23.1 Å². The normalized spacial score (nSPS) is 12.0. The van der Waals surface area contributed by atoms with Gasteiger partial charge >= 0.3 is 6.18 Å². The first kappa shape index (κ1) is 15.0. The molecular formula is C11H8F3N5OS2. The Bertz CT molecular complexity index is 765. The largest absolute Gasteiger partial charge is 0.451 e. The van der Waals surface area contributed by atoms with Gasteiger partial charge in [0.2, 0.25) is 17.5 Å². The zero-order chi connectivity index (χ0) is 15.7. The number of nitrogens with zero attached hydrogens (tertiary/aromatic N) is 5. The van der Waals surface area contributed by atoms with Crippen LogP contribution in [0.4, 0.5) is 13.2 Å².